The number of rotatable bonds is 5. The molecule has 0 amide bonds. The van der Waals surface area contributed by atoms with Gasteiger partial charge in [0.25, 0.3) is 0 Å². The van der Waals surface area contributed by atoms with Crippen molar-refractivity contribution in [2.45, 2.75) is 24.7 Å². The quantitative estimate of drug-likeness (QED) is 0.876. The predicted molar refractivity (Wildman–Crippen MR) is 91.7 cm³/mol. The monoisotopic (exact) mass is 371 g/mol. The van der Waals surface area contributed by atoms with Gasteiger partial charge in [0.1, 0.15) is 0 Å². The topological polar surface area (TPSA) is 39.6 Å². The number of hydrogen-bond acceptors (Lipinski definition) is 5. The first-order valence-electron chi connectivity index (χ1n) is 7.98. The van der Waals surface area contributed by atoms with E-state index in [4.69, 9.17) is 0 Å². The second kappa shape index (κ2) is 6.93. The minimum atomic E-state index is -4.44. The van der Waals surface area contributed by atoms with Crippen LogP contribution >= 0.6 is 11.3 Å². The molecule has 1 aliphatic heterocycles. The average Bonchev–Trinajstić information content (AvgIpc) is 3.15. The zero-order valence-electron chi connectivity index (χ0n) is 13.8. The first-order chi connectivity index (χ1) is 11.8. The van der Waals surface area contributed by atoms with Gasteiger partial charge in [0.05, 0.1) is 5.60 Å². The highest BCUT2D eigenvalue weighted by Crippen LogP contribution is 2.33. The van der Waals surface area contributed by atoms with Crippen molar-refractivity contribution < 1.29 is 18.3 Å². The number of hydrogen-bond donors (Lipinski definition) is 1. The third-order valence-corrected chi connectivity index (χ3v) is 5.26. The van der Waals surface area contributed by atoms with Gasteiger partial charge in [0.2, 0.25) is 0 Å². The maximum absolute atomic E-state index is 12.7. The van der Waals surface area contributed by atoms with Crippen molar-refractivity contribution in [2.75, 3.05) is 31.6 Å². The number of aliphatic hydroxyl groups is 1. The van der Waals surface area contributed by atoms with E-state index in [0.29, 0.717) is 13.0 Å². The third-order valence-electron chi connectivity index (χ3n) is 4.30. The van der Waals surface area contributed by atoms with Crippen molar-refractivity contribution in [3.63, 3.8) is 0 Å². The standard InChI is InChI=1S/C17H20F3N3OS/c1-22(15-21-14(10-25-15)17(18,19)20)11-16(24)7-8-23(12-16)9-13-5-3-2-4-6-13/h2-6,10,24H,7-9,11-12H2,1H3. The van der Waals surface area contributed by atoms with Gasteiger partial charge in [-0.3, -0.25) is 4.90 Å². The van der Waals surface area contributed by atoms with Crippen LogP contribution in [0.25, 0.3) is 0 Å². The van der Waals surface area contributed by atoms with E-state index in [0.717, 1.165) is 29.8 Å². The molecule has 0 aliphatic carbocycles. The second-order valence-corrected chi connectivity index (χ2v) is 7.38. The maximum Gasteiger partial charge on any atom is 0.434 e. The lowest BCUT2D eigenvalue weighted by Crippen LogP contribution is -2.43. The molecule has 25 heavy (non-hydrogen) atoms. The Morgan fingerprint density at radius 1 is 1.32 bits per heavy atom. The molecule has 3 rings (SSSR count). The van der Waals surface area contributed by atoms with E-state index in [1.807, 2.05) is 30.3 Å². The van der Waals surface area contributed by atoms with E-state index in [2.05, 4.69) is 9.88 Å². The van der Waals surface area contributed by atoms with Crippen LogP contribution in [0.15, 0.2) is 35.7 Å². The summed E-state index contributed by atoms with van der Waals surface area (Å²) < 4.78 is 38.0. The van der Waals surface area contributed by atoms with Crippen molar-refractivity contribution in [1.29, 1.82) is 0 Å². The van der Waals surface area contributed by atoms with Crippen LogP contribution in [0.3, 0.4) is 0 Å². The molecule has 0 saturated carbocycles. The van der Waals surface area contributed by atoms with Gasteiger partial charge in [0.15, 0.2) is 10.8 Å². The van der Waals surface area contributed by atoms with Gasteiger partial charge in [-0.1, -0.05) is 30.3 Å². The Bertz CT molecular complexity index is 707. The fourth-order valence-corrected chi connectivity index (χ4v) is 3.92. The number of alkyl halides is 3. The number of anilines is 1. The van der Waals surface area contributed by atoms with E-state index >= 15 is 0 Å². The third kappa shape index (κ3) is 4.50. The molecule has 0 spiro atoms. The Labute approximate surface area is 148 Å². The van der Waals surface area contributed by atoms with Gasteiger partial charge < -0.3 is 10.0 Å². The SMILES string of the molecule is CN(CC1(O)CCN(Cc2ccccc2)C1)c1nc(C(F)(F)F)cs1. The number of nitrogens with zero attached hydrogens (tertiary/aromatic N) is 3. The Morgan fingerprint density at radius 2 is 2.04 bits per heavy atom. The number of benzene rings is 1. The molecule has 1 aromatic heterocycles. The number of likely N-dealkylation sites (tertiary alicyclic amines) is 1. The molecule has 1 aromatic carbocycles. The van der Waals surface area contributed by atoms with Crippen molar-refractivity contribution >= 4 is 16.5 Å². The summed E-state index contributed by atoms with van der Waals surface area (Å²) in [6.07, 6.45) is -3.85. The van der Waals surface area contributed by atoms with Gasteiger partial charge >= 0.3 is 6.18 Å². The highest BCUT2D eigenvalue weighted by Gasteiger charge is 2.38. The van der Waals surface area contributed by atoms with Crippen molar-refractivity contribution in [3.8, 4) is 0 Å². The smallest absolute Gasteiger partial charge is 0.387 e. The molecule has 4 nitrogen and oxygen atoms in total. The van der Waals surface area contributed by atoms with Crippen molar-refractivity contribution in [3.05, 3.63) is 47.0 Å². The van der Waals surface area contributed by atoms with Crippen LogP contribution in [-0.2, 0) is 12.7 Å². The zero-order chi connectivity index (χ0) is 18.1. The fourth-order valence-electron chi connectivity index (χ4n) is 3.13. The molecule has 136 valence electrons. The minimum absolute atomic E-state index is 0.253. The van der Waals surface area contributed by atoms with E-state index in [1.54, 1.807) is 11.9 Å². The summed E-state index contributed by atoms with van der Waals surface area (Å²) >= 11 is 0.940. The lowest BCUT2D eigenvalue weighted by molar-refractivity contribution is -0.140. The van der Waals surface area contributed by atoms with Crippen LogP contribution in [-0.4, -0.2) is 47.3 Å². The Balaban J connectivity index is 1.59. The predicted octanol–water partition coefficient (Wildman–Crippen LogP) is 3.24. The summed E-state index contributed by atoms with van der Waals surface area (Å²) in [5.74, 6) is 0. The molecular formula is C17H20F3N3OS. The van der Waals surface area contributed by atoms with Crippen molar-refractivity contribution in [1.82, 2.24) is 9.88 Å². The molecule has 1 unspecified atom stereocenters. The van der Waals surface area contributed by atoms with Gasteiger partial charge in [0, 0.05) is 38.6 Å². The Morgan fingerprint density at radius 3 is 2.68 bits per heavy atom. The second-order valence-electron chi connectivity index (χ2n) is 6.54. The highest BCUT2D eigenvalue weighted by atomic mass is 32.1. The first kappa shape index (κ1) is 18.2. The summed E-state index contributed by atoms with van der Waals surface area (Å²) in [5, 5.41) is 12.1. The summed E-state index contributed by atoms with van der Waals surface area (Å²) in [7, 11) is 1.66. The van der Waals surface area contributed by atoms with Gasteiger partial charge in [-0.05, 0) is 12.0 Å². The average molecular weight is 371 g/mol. The molecule has 2 heterocycles. The lowest BCUT2D eigenvalue weighted by atomic mass is 10.0. The maximum atomic E-state index is 12.7. The van der Waals surface area contributed by atoms with E-state index in [1.165, 1.54) is 5.56 Å². The van der Waals surface area contributed by atoms with E-state index < -0.39 is 17.5 Å². The Kier molecular flexibility index (Phi) is 5.04. The molecule has 1 saturated heterocycles. The van der Waals surface area contributed by atoms with Crippen LogP contribution < -0.4 is 4.90 Å². The molecule has 1 atom stereocenters. The molecule has 2 aromatic rings. The minimum Gasteiger partial charge on any atom is -0.387 e. The molecule has 1 N–H and O–H groups in total. The lowest BCUT2D eigenvalue weighted by Gasteiger charge is -2.29. The highest BCUT2D eigenvalue weighted by molar-refractivity contribution is 7.13. The summed E-state index contributed by atoms with van der Waals surface area (Å²) in [6, 6.07) is 10.00. The molecule has 0 radical (unpaired) electrons. The number of thiazole rings is 1. The van der Waals surface area contributed by atoms with Gasteiger partial charge in [-0.2, -0.15) is 13.2 Å². The normalized spacial score (nSPS) is 21.6. The molecule has 1 aliphatic rings. The number of β-amino-alcohol motifs (C(OH)–C–C–N with tert-alkyl or cyclic N) is 1. The Hall–Kier alpha value is -1.64. The molecule has 8 heteroatoms. The van der Waals surface area contributed by atoms with E-state index in [9.17, 15) is 18.3 Å². The summed E-state index contributed by atoms with van der Waals surface area (Å²) in [6.45, 7) is 2.25. The largest absolute Gasteiger partial charge is 0.434 e. The van der Waals surface area contributed by atoms with Crippen LogP contribution in [0.5, 0.6) is 0 Å². The van der Waals surface area contributed by atoms with Crippen LogP contribution in [0.2, 0.25) is 0 Å². The van der Waals surface area contributed by atoms with Gasteiger partial charge in [-0.25, -0.2) is 4.98 Å². The van der Waals surface area contributed by atoms with Crippen LogP contribution in [0, 0.1) is 0 Å². The van der Waals surface area contributed by atoms with E-state index in [-0.39, 0.29) is 11.7 Å². The van der Waals surface area contributed by atoms with Crippen LogP contribution in [0.1, 0.15) is 17.7 Å². The van der Waals surface area contributed by atoms with Crippen molar-refractivity contribution in [2.24, 2.45) is 0 Å². The fraction of sp³-hybridized carbons (Fsp3) is 0.471. The molecule has 0 bridgehead atoms. The van der Waals surface area contributed by atoms with Gasteiger partial charge in [-0.15, -0.1) is 11.3 Å². The zero-order valence-corrected chi connectivity index (χ0v) is 14.6. The number of aromatic nitrogens is 1. The summed E-state index contributed by atoms with van der Waals surface area (Å²) in [4.78, 5) is 7.40. The molecule has 1 fully saturated rings. The first-order valence-corrected chi connectivity index (χ1v) is 8.86. The number of halogens is 3. The number of likely N-dealkylation sites (N-methyl/N-ethyl adjacent to an activating group) is 1. The summed E-state index contributed by atoms with van der Waals surface area (Å²) in [5.41, 5.74) is -0.661. The molecular weight excluding hydrogens is 351 g/mol. The van der Waals surface area contributed by atoms with Crippen LogP contribution in [0.4, 0.5) is 18.3 Å².